The summed E-state index contributed by atoms with van der Waals surface area (Å²) < 4.78 is 11.9. The molecule has 0 fully saturated rings. The highest BCUT2D eigenvalue weighted by molar-refractivity contribution is 7.99. The lowest BCUT2D eigenvalue weighted by molar-refractivity contribution is 0.104. The highest BCUT2D eigenvalue weighted by Gasteiger charge is 2.10. The van der Waals surface area contributed by atoms with E-state index in [0.717, 1.165) is 0 Å². The summed E-state index contributed by atoms with van der Waals surface area (Å²) in [4.78, 5) is 12.0. The van der Waals surface area contributed by atoms with Crippen molar-refractivity contribution in [1.29, 1.82) is 0 Å². The Kier molecular flexibility index (Phi) is 6.04. The van der Waals surface area contributed by atoms with Gasteiger partial charge in [-0.2, -0.15) is 0 Å². The molecule has 0 amide bonds. The molecule has 1 aromatic heterocycles. The van der Waals surface area contributed by atoms with Gasteiger partial charge < -0.3 is 15.3 Å². The van der Waals surface area contributed by atoms with Gasteiger partial charge in [0.25, 0.3) is 0 Å². The number of aryl methyl sites for hydroxylation is 1. The molecule has 0 radical (unpaired) electrons. The van der Waals surface area contributed by atoms with Crippen LogP contribution >= 0.6 is 11.8 Å². The fraction of sp³-hybridized carbons (Fsp3) is 0.267. The van der Waals surface area contributed by atoms with Crippen molar-refractivity contribution in [2.75, 3.05) is 25.3 Å². The normalized spacial score (nSPS) is 10.9. The Morgan fingerprint density at radius 1 is 1.39 bits per heavy atom. The molecule has 2 N–H and O–H groups in total. The largest absolute Gasteiger partial charge is 0.504 e. The molecule has 0 spiro atoms. The van der Waals surface area contributed by atoms with Crippen LogP contribution in [-0.2, 0) is 4.74 Å². The highest BCUT2D eigenvalue weighted by Crippen LogP contribution is 2.20. The Balaban J connectivity index is 1.92. The lowest BCUT2D eigenvalue weighted by atomic mass is 10.1. The molecule has 2 rings (SSSR count). The molecule has 1 aromatic carbocycles. The van der Waals surface area contributed by atoms with Gasteiger partial charge in [0, 0.05) is 11.8 Å². The fourth-order valence-electron chi connectivity index (χ4n) is 1.75. The lowest BCUT2D eigenvalue weighted by Crippen LogP contribution is -2.12. The van der Waals surface area contributed by atoms with Crippen LogP contribution in [0.4, 0.5) is 0 Å². The molecule has 0 aliphatic rings. The number of allylic oxidation sites excluding steroid dienone is 1. The Morgan fingerprint density at radius 2 is 2.17 bits per heavy atom. The number of carbonyl (C=O) groups is 1. The standard InChI is InChI=1S/C15H18N4O3S/c1-11-17-18-15(19(11)16)23-10-9-22-14-6-4-3-5-12(14)13(20)7-8-21-2/h3-8H,9-10,16H2,1-2H3. The average Bonchev–Trinajstić information content (AvgIpc) is 2.89. The first-order valence-electron chi connectivity index (χ1n) is 6.89. The summed E-state index contributed by atoms with van der Waals surface area (Å²) >= 11 is 1.44. The summed E-state index contributed by atoms with van der Waals surface area (Å²) in [5.41, 5.74) is 0.489. The number of benzene rings is 1. The van der Waals surface area contributed by atoms with Gasteiger partial charge in [-0.15, -0.1) is 10.2 Å². The second-order valence-electron chi connectivity index (χ2n) is 4.50. The SMILES string of the molecule is COC=CC(=O)c1ccccc1OCCSc1nnc(C)n1N. The first kappa shape index (κ1) is 16.9. The van der Waals surface area contributed by atoms with Gasteiger partial charge in [0.05, 0.1) is 25.5 Å². The number of carbonyl (C=O) groups excluding carboxylic acids is 1. The van der Waals surface area contributed by atoms with Crippen molar-refractivity contribution in [1.82, 2.24) is 14.9 Å². The highest BCUT2D eigenvalue weighted by atomic mass is 32.2. The van der Waals surface area contributed by atoms with Gasteiger partial charge in [0.2, 0.25) is 5.16 Å². The predicted molar refractivity (Wildman–Crippen MR) is 88.0 cm³/mol. The second-order valence-corrected chi connectivity index (χ2v) is 5.56. The lowest BCUT2D eigenvalue weighted by Gasteiger charge is -2.09. The molecule has 0 atom stereocenters. The number of rotatable bonds is 8. The molecule has 0 saturated heterocycles. The van der Waals surface area contributed by atoms with Gasteiger partial charge in [-0.3, -0.25) is 4.79 Å². The van der Waals surface area contributed by atoms with Gasteiger partial charge in [-0.05, 0) is 19.1 Å². The summed E-state index contributed by atoms with van der Waals surface area (Å²) in [6, 6.07) is 7.08. The van der Waals surface area contributed by atoms with E-state index in [4.69, 9.17) is 15.3 Å². The van der Waals surface area contributed by atoms with Crippen molar-refractivity contribution in [3.63, 3.8) is 0 Å². The first-order valence-corrected chi connectivity index (χ1v) is 7.87. The van der Waals surface area contributed by atoms with Crippen molar-refractivity contribution in [3.05, 3.63) is 48.0 Å². The minimum Gasteiger partial charge on any atom is -0.504 e. The fourth-order valence-corrected chi connectivity index (χ4v) is 2.47. The summed E-state index contributed by atoms with van der Waals surface area (Å²) in [5.74, 6) is 7.41. The van der Waals surface area contributed by atoms with Crippen LogP contribution < -0.4 is 10.6 Å². The Morgan fingerprint density at radius 3 is 2.87 bits per heavy atom. The van der Waals surface area contributed by atoms with Gasteiger partial charge in [-0.1, -0.05) is 23.9 Å². The number of nitrogen functional groups attached to an aromatic ring is 1. The molecule has 0 aliphatic heterocycles. The average molecular weight is 334 g/mol. The smallest absolute Gasteiger partial charge is 0.209 e. The maximum Gasteiger partial charge on any atom is 0.209 e. The van der Waals surface area contributed by atoms with E-state index in [-0.39, 0.29) is 5.78 Å². The number of ketones is 1. The van der Waals surface area contributed by atoms with Crippen LogP contribution in [0.15, 0.2) is 41.8 Å². The van der Waals surface area contributed by atoms with Crippen LogP contribution in [0.25, 0.3) is 0 Å². The monoisotopic (exact) mass is 334 g/mol. The van der Waals surface area contributed by atoms with Gasteiger partial charge in [-0.25, -0.2) is 4.68 Å². The Bertz CT molecular complexity index is 700. The number of hydrogen-bond acceptors (Lipinski definition) is 7. The maximum absolute atomic E-state index is 12.0. The van der Waals surface area contributed by atoms with Crippen LogP contribution in [0.2, 0.25) is 0 Å². The minimum absolute atomic E-state index is 0.174. The molecule has 0 saturated carbocycles. The first-order chi connectivity index (χ1) is 11.1. The summed E-state index contributed by atoms with van der Waals surface area (Å²) in [5, 5.41) is 8.46. The molecule has 0 bridgehead atoms. The van der Waals surface area contributed by atoms with Crippen LogP contribution in [0.3, 0.4) is 0 Å². The van der Waals surface area contributed by atoms with E-state index >= 15 is 0 Å². The van der Waals surface area contributed by atoms with Crippen molar-refractivity contribution in [2.45, 2.75) is 12.1 Å². The maximum atomic E-state index is 12.0. The van der Waals surface area contributed by atoms with Crippen LogP contribution in [0, 0.1) is 6.92 Å². The van der Waals surface area contributed by atoms with Crippen LogP contribution in [0.1, 0.15) is 16.2 Å². The van der Waals surface area contributed by atoms with E-state index in [1.54, 1.807) is 25.1 Å². The molecule has 23 heavy (non-hydrogen) atoms. The van der Waals surface area contributed by atoms with Gasteiger partial charge in [0.1, 0.15) is 11.6 Å². The topological polar surface area (TPSA) is 92.3 Å². The number of ether oxygens (including phenoxy) is 2. The van der Waals surface area contributed by atoms with E-state index in [2.05, 4.69) is 10.2 Å². The molecular formula is C15H18N4O3S. The Labute approximate surface area is 138 Å². The number of nitrogens with zero attached hydrogens (tertiary/aromatic N) is 3. The third kappa shape index (κ3) is 4.49. The third-order valence-corrected chi connectivity index (χ3v) is 3.82. The Hall–Kier alpha value is -2.48. The number of nitrogens with two attached hydrogens (primary N) is 1. The third-order valence-electron chi connectivity index (χ3n) is 2.92. The van der Waals surface area contributed by atoms with Crippen LogP contribution in [0.5, 0.6) is 5.75 Å². The quantitative estimate of drug-likeness (QED) is 0.196. The van der Waals surface area contributed by atoms with Crippen molar-refractivity contribution >= 4 is 17.5 Å². The number of para-hydroxylation sites is 1. The number of thioether (sulfide) groups is 1. The second kappa shape index (κ2) is 8.23. The van der Waals surface area contributed by atoms with E-state index < -0.39 is 0 Å². The van der Waals surface area contributed by atoms with E-state index in [0.29, 0.717) is 34.7 Å². The number of hydrogen-bond donors (Lipinski definition) is 1. The molecule has 2 aromatic rings. The zero-order valence-corrected chi connectivity index (χ0v) is 13.7. The zero-order valence-electron chi connectivity index (χ0n) is 12.9. The van der Waals surface area contributed by atoms with E-state index in [9.17, 15) is 4.79 Å². The van der Waals surface area contributed by atoms with Crippen molar-refractivity contribution in [3.8, 4) is 5.75 Å². The summed E-state index contributed by atoms with van der Waals surface area (Å²) in [7, 11) is 1.49. The molecule has 0 aliphatic carbocycles. The van der Waals surface area contributed by atoms with Crippen molar-refractivity contribution in [2.24, 2.45) is 0 Å². The molecular weight excluding hydrogens is 316 g/mol. The summed E-state index contributed by atoms with van der Waals surface area (Å²) in [6.45, 7) is 2.19. The van der Waals surface area contributed by atoms with Gasteiger partial charge in [0.15, 0.2) is 5.78 Å². The molecule has 122 valence electrons. The molecule has 8 heteroatoms. The number of aromatic nitrogens is 3. The summed E-state index contributed by atoms with van der Waals surface area (Å²) in [6.07, 6.45) is 2.70. The zero-order chi connectivity index (χ0) is 16.7. The van der Waals surface area contributed by atoms with E-state index in [1.807, 2.05) is 6.07 Å². The van der Waals surface area contributed by atoms with Gasteiger partial charge >= 0.3 is 0 Å². The van der Waals surface area contributed by atoms with Crippen LogP contribution in [-0.4, -0.2) is 40.1 Å². The molecule has 1 heterocycles. The minimum atomic E-state index is -0.174. The van der Waals surface area contributed by atoms with E-state index in [1.165, 1.54) is 35.9 Å². The van der Waals surface area contributed by atoms with Crippen molar-refractivity contribution < 1.29 is 14.3 Å². The number of methoxy groups -OCH3 is 1. The predicted octanol–water partition coefficient (Wildman–Crippen LogP) is 1.81. The molecule has 7 nitrogen and oxygen atoms in total. The molecule has 0 unspecified atom stereocenters.